The third-order valence-corrected chi connectivity index (χ3v) is 13.4. The molecular weight excluding hydrogens is 943 g/mol. The second-order valence-electron chi connectivity index (χ2n) is 18.4. The molecule has 4 aromatic rings. The number of nitriles is 1. The molecule has 0 unspecified atom stereocenters. The molecule has 1 aliphatic carbocycles. The zero-order valence-corrected chi connectivity index (χ0v) is 42.1. The molecule has 0 spiro atoms. The molecule has 1 saturated carbocycles. The van der Waals surface area contributed by atoms with Gasteiger partial charge in [0.15, 0.2) is 23.2 Å². The van der Waals surface area contributed by atoms with E-state index in [1.165, 1.54) is 20.4 Å². The van der Waals surface area contributed by atoms with E-state index in [1.807, 2.05) is 30.3 Å². The van der Waals surface area contributed by atoms with Gasteiger partial charge in [-0.05, 0) is 106 Å². The summed E-state index contributed by atoms with van der Waals surface area (Å²) in [5.41, 5.74) is 15.0. The van der Waals surface area contributed by atoms with E-state index in [2.05, 4.69) is 20.0 Å². The molecule has 20 heteroatoms. The normalized spacial score (nSPS) is 17.9. The summed E-state index contributed by atoms with van der Waals surface area (Å²) in [6, 6.07) is 17.0. The molecule has 0 radical (unpaired) electrons. The Morgan fingerprint density at radius 3 is 2.14 bits per heavy atom. The summed E-state index contributed by atoms with van der Waals surface area (Å²) in [6.07, 6.45) is 4.58. The van der Waals surface area contributed by atoms with Gasteiger partial charge >= 0.3 is 0 Å². The van der Waals surface area contributed by atoms with Crippen molar-refractivity contribution >= 4 is 39.4 Å². The number of hydrogen-bond donors (Lipinski definition) is 5. The smallest absolute Gasteiger partial charge is 0.274 e. The fourth-order valence-electron chi connectivity index (χ4n) is 9.22. The Labute approximate surface area is 420 Å². The number of aromatic nitrogens is 2. The summed E-state index contributed by atoms with van der Waals surface area (Å²) >= 11 is 0. The molecule has 2 heterocycles. The first kappa shape index (κ1) is 54.7. The van der Waals surface area contributed by atoms with E-state index in [4.69, 9.17) is 30.8 Å². The van der Waals surface area contributed by atoms with Gasteiger partial charge in [0.25, 0.3) is 10.2 Å². The lowest BCUT2D eigenvalue weighted by Gasteiger charge is -2.32. The number of hydrogen-bond acceptors (Lipinski definition) is 15. The molecule has 6 rings (SSSR count). The number of ether oxygens (including phenoxy) is 3. The van der Waals surface area contributed by atoms with Gasteiger partial charge in [0.1, 0.15) is 36.5 Å². The number of amides is 2. The molecule has 4 atom stereocenters. The van der Waals surface area contributed by atoms with E-state index in [0.717, 1.165) is 36.3 Å². The Morgan fingerprint density at radius 2 is 1.53 bits per heavy atom. The Bertz CT molecular complexity index is 2750. The zero-order chi connectivity index (χ0) is 52.1. The number of nitrogens with zero attached hydrogens (tertiary/aromatic N) is 4. The van der Waals surface area contributed by atoms with Gasteiger partial charge in [-0.25, -0.2) is 19.8 Å². The second-order valence-corrected chi connectivity index (χ2v) is 19.8. The van der Waals surface area contributed by atoms with Crippen LogP contribution in [0.5, 0.6) is 17.2 Å². The second kappa shape index (κ2) is 25.2. The SMILES string of the molecule is Cc1nc(-c2ccc(OC3CCCCC3)cc2)nc(C)c1C(=O)C[C@@H](CNS(N)(=O)=O)C(=O)N(C)[C@@H]1C(=O)C[C@@H](C)C(=O)N[C@H](C(=O)CCC#N)Cc2ccc(OCCN)c(c2)-c2cc1ccc2OCCN. The van der Waals surface area contributed by atoms with Crippen LogP contribution >= 0.6 is 0 Å². The van der Waals surface area contributed by atoms with Crippen LogP contribution in [0.2, 0.25) is 0 Å². The first-order chi connectivity index (χ1) is 34.4. The Morgan fingerprint density at radius 1 is 0.903 bits per heavy atom. The minimum Gasteiger partial charge on any atom is -0.492 e. The summed E-state index contributed by atoms with van der Waals surface area (Å²) in [5.74, 6) is -3.58. The van der Waals surface area contributed by atoms with Crippen molar-refractivity contribution in [2.75, 3.05) is 39.9 Å². The van der Waals surface area contributed by atoms with Crippen molar-refractivity contribution in [3.63, 3.8) is 0 Å². The minimum atomic E-state index is -4.39. The highest BCUT2D eigenvalue weighted by Crippen LogP contribution is 2.41. The molecule has 19 nitrogen and oxygen atoms in total. The van der Waals surface area contributed by atoms with Gasteiger partial charge in [-0.15, -0.1) is 0 Å². The monoisotopic (exact) mass is 1010 g/mol. The van der Waals surface area contributed by atoms with Gasteiger partial charge in [-0.1, -0.05) is 25.5 Å². The molecule has 2 aliphatic rings. The molecule has 1 aliphatic heterocycles. The van der Waals surface area contributed by atoms with Crippen LogP contribution in [0.15, 0.2) is 60.7 Å². The number of benzene rings is 3. The molecule has 1 fully saturated rings. The number of likely N-dealkylation sites (N-methyl/N-ethyl adjacent to an activating group) is 1. The van der Waals surface area contributed by atoms with Crippen molar-refractivity contribution in [1.82, 2.24) is 24.9 Å². The van der Waals surface area contributed by atoms with Crippen LogP contribution in [0.25, 0.3) is 22.5 Å². The predicted molar refractivity (Wildman–Crippen MR) is 269 cm³/mol. The van der Waals surface area contributed by atoms with Gasteiger partial charge in [0.05, 0.1) is 41.1 Å². The van der Waals surface area contributed by atoms with E-state index < -0.39 is 76.9 Å². The van der Waals surface area contributed by atoms with Crippen LogP contribution in [0, 0.1) is 37.0 Å². The quantitative estimate of drug-likeness (QED) is 0.0762. The lowest BCUT2D eigenvalue weighted by Crippen LogP contribution is -2.46. The predicted octanol–water partition coefficient (Wildman–Crippen LogP) is 4.50. The standard InChI is InChI=1S/C52H65N9O10S/c1-31-25-45(64)49(36-15-19-47(70-24-22-55)41(28-36)40-26-34(12-18-46(40)69-23-21-54)27-42(60-51(31)65)43(62)11-8-20-53)61(4)52(66)37(30-57-72(56,67)68)29-44(63)48-32(2)58-50(59-33(48)3)35-13-16-39(17-14-35)71-38-9-6-5-7-10-38/h12-19,26,28,31,37-38,42,49,57H,5-11,21-25,27,29-30,54-55H2,1-4H3,(H,60,65)(H2,56,67,68)/t31-,37+,42+,49+/m1/s1. The van der Waals surface area contributed by atoms with Gasteiger partial charge in [-0.2, -0.15) is 13.7 Å². The lowest BCUT2D eigenvalue weighted by molar-refractivity contribution is -0.142. The maximum atomic E-state index is 15.0. The van der Waals surface area contributed by atoms with E-state index in [-0.39, 0.29) is 68.6 Å². The van der Waals surface area contributed by atoms with E-state index in [9.17, 15) is 37.7 Å². The van der Waals surface area contributed by atoms with Gasteiger partial charge in [-0.3, -0.25) is 24.0 Å². The van der Waals surface area contributed by atoms with Crippen molar-refractivity contribution < 1.29 is 46.6 Å². The summed E-state index contributed by atoms with van der Waals surface area (Å²) < 4.78 is 45.3. The molecule has 0 saturated heterocycles. The van der Waals surface area contributed by atoms with E-state index in [1.54, 1.807) is 50.2 Å². The van der Waals surface area contributed by atoms with Crippen LogP contribution in [-0.4, -0.2) is 104 Å². The summed E-state index contributed by atoms with van der Waals surface area (Å²) in [7, 11) is -3.04. The Balaban J connectivity index is 1.38. The maximum absolute atomic E-state index is 15.0. The van der Waals surface area contributed by atoms with Crippen LogP contribution in [0.1, 0.15) is 104 Å². The van der Waals surface area contributed by atoms with Crippen molar-refractivity contribution in [2.45, 2.75) is 103 Å². The van der Waals surface area contributed by atoms with Crippen molar-refractivity contribution in [3.05, 3.63) is 88.7 Å². The third kappa shape index (κ3) is 14.3. The Hall–Kier alpha value is -6.63. The third-order valence-electron chi connectivity index (χ3n) is 12.9. The number of ketones is 3. The maximum Gasteiger partial charge on any atom is 0.274 e. The molecule has 2 amide bonds. The fraction of sp³-hybridized carbons (Fsp3) is 0.462. The van der Waals surface area contributed by atoms with Gasteiger partial charge < -0.3 is 35.9 Å². The molecule has 72 heavy (non-hydrogen) atoms. The lowest BCUT2D eigenvalue weighted by atomic mass is 9.88. The number of rotatable bonds is 20. The van der Waals surface area contributed by atoms with Crippen molar-refractivity contribution in [2.24, 2.45) is 28.4 Å². The minimum absolute atomic E-state index is 0.0469. The number of nitrogens with two attached hydrogens (primary N) is 3. The molecule has 8 N–H and O–H groups in total. The largest absolute Gasteiger partial charge is 0.492 e. The van der Waals surface area contributed by atoms with Crippen LogP contribution in [0.4, 0.5) is 0 Å². The van der Waals surface area contributed by atoms with Gasteiger partial charge in [0.2, 0.25) is 11.8 Å². The number of carbonyl (C=O) groups is 5. The first-order valence-corrected chi connectivity index (χ1v) is 25.8. The number of Topliss-reactive ketones (excluding diaryl/α,β-unsaturated/α-hetero) is 3. The highest BCUT2D eigenvalue weighted by molar-refractivity contribution is 7.87. The Kier molecular flexibility index (Phi) is 19.1. The molecule has 384 valence electrons. The average Bonchev–Trinajstić information content (AvgIpc) is 3.35. The summed E-state index contributed by atoms with van der Waals surface area (Å²) in [6.45, 7) is 4.75. The zero-order valence-electron chi connectivity index (χ0n) is 41.3. The molecule has 3 aromatic carbocycles. The van der Waals surface area contributed by atoms with Crippen LogP contribution in [0.3, 0.4) is 0 Å². The van der Waals surface area contributed by atoms with Crippen molar-refractivity contribution in [3.8, 4) is 45.8 Å². The van der Waals surface area contributed by atoms with E-state index in [0.29, 0.717) is 51.0 Å². The first-order valence-electron chi connectivity index (χ1n) is 24.3. The van der Waals surface area contributed by atoms with Gasteiger partial charge in [0, 0.05) is 75.0 Å². The highest BCUT2D eigenvalue weighted by Gasteiger charge is 2.37. The summed E-state index contributed by atoms with van der Waals surface area (Å²) in [4.78, 5) is 82.1. The number of aryl methyl sites for hydroxylation is 2. The van der Waals surface area contributed by atoms with Crippen LogP contribution < -0.4 is 40.9 Å². The van der Waals surface area contributed by atoms with E-state index >= 15 is 0 Å². The number of fused-ring (bicyclic) bond motifs is 5. The average molecular weight is 1010 g/mol. The van der Waals surface area contributed by atoms with Crippen LogP contribution in [-0.2, 0) is 35.8 Å². The molecular formula is C52H65N9O10S. The topological polar surface area (TPSA) is 302 Å². The van der Waals surface area contributed by atoms with Crippen molar-refractivity contribution in [1.29, 1.82) is 5.26 Å². The summed E-state index contributed by atoms with van der Waals surface area (Å²) in [5, 5.41) is 17.4. The highest BCUT2D eigenvalue weighted by atomic mass is 32.2. The molecule has 4 bridgehead atoms. The fourth-order valence-corrected chi connectivity index (χ4v) is 9.66. The number of nitrogens with one attached hydrogen (secondary N) is 2. The number of carbonyl (C=O) groups excluding carboxylic acids is 5. The molecule has 1 aromatic heterocycles.